The monoisotopic (exact) mass is 334 g/mol. The molecule has 2 heterocycles. The molecule has 1 aromatic carbocycles. The van der Waals surface area contributed by atoms with Crippen LogP contribution in [-0.2, 0) is 7.05 Å². The maximum atomic E-state index is 4.31. The zero-order valence-electron chi connectivity index (χ0n) is 11.9. The summed E-state index contributed by atoms with van der Waals surface area (Å²) in [5.74, 6) is 0. The lowest BCUT2D eigenvalue weighted by molar-refractivity contribution is 0.775. The van der Waals surface area contributed by atoms with Crippen molar-refractivity contribution in [1.82, 2.24) is 9.78 Å². The highest BCUT2D eigenvalue weighted by molar-refractivity contribution is 9.10. The van der Waals surface area contributed by atoms with Crippen molar-refractivity contribution in [2.75, 3.05) is 30.4 Å². The van der Waals surface area contributed by atoms with Crippen molar-refractivity contribution in [1.29, 1.82) is 0 Å². The fraction of sp³-hybridized carbons (Fsp3) is 0.400. The van der Waals surface area contributed by atoms with Gasteiger partial charge in [-0.05, 0) is 47.0 Å². The molecule has 0 aliphatic carbocycles. The zero-order chi connectivity index (χ0) is 14.1. The van der Waals surface area contributed by atoms with E-state index in [9.17, 15) is 0 Å². The van der Waals surface area contributed by atoms with Crippen LogP contribution in [0.5, 0.6) is 0 Å². The van der Waals surface area contributed by atoms with E-state index < -0.39 is 0 Å². The minimum atomic E-state index is 1.03. The summed E-state index contributed by atoms with van der Waals surface area (Å²) >= 11 is 3.59. The number of aromatic nitrogens is 2. The average molecular weight is 335 g/mol. The van der Waals surface area contributed by atoms with Gasteiger partial charge in [-0.15, -0.1) is 0 Å². The van der Waals surface area contributed by atoms with E-state index >= 15 is 0 Å². The van der Waals surface area contributed by atoms with Crippen LogP contribution >= 0.6 is 15.9 Å². The maximum Gasteiger partial charge on any atom is 0.0822 e. The summed E-state index contributed by atoms with van der Waals surface area (Å²) in [6.07, 6.45) is 4.42. The molecule has 0 amide bonds. The van der Waals surface area contributed by atoms with Gasteiger partial charge in [0.2, 0.25) is 0 Å². The van der Waals surface area contributed by atoms with Crippen molar-refractivity contribution in [3.05, 3.63) is 28.9 Å². The first-order valence-electron chi connectivity index (χ1n) is 6.94. The largest absolute Gasteiger partial charge is 0.388 e. The van der Waals surface area contributed by atoms with Gasteiger partial charge in [0.25, 0.3) is 0 Å². The molecule has 4 nitrogen and oxygen atoms in total. The quantitative estimate of drug-likeness (QED) is 0.932. The van der Waals surface area contributed by atoms with Gasteiger partial charge in [-0.25, -0.2) is 0 Å². The number of halogens is 1. The molecule has 0 unspecified atom stereocenters. The molecule has 1 aliphatic rings. The lowest BCUT2D eigenvalue weighted by Gasteiger charge is -2.20. The molecule has 1 aromatic heterocycles. The van der Waals surface area contributed by atoms with Crippen LogP contribution in [0.25, 0.3) is 11.3 Å². The third kappa shape index (κ3) is 2.42. The highest BCUT2D eigenvalue weighted by Gasteiger charge is 2.16. The van der Waals surface area contributed by atoms with Gasteiger partial charge in [-0.3, -0.25) is 4.68 Å². The summed E-state index contributed by atoms with van der Waals surface area (Å²) in [4.78, 5) is 2.45. The molecular weight excluding hydrogens is 316 g/mol. The minimum absolute atomic E-state index is 1.03. The average Bonchev–Trinajstić information content (AvgIpc) is 3.09. The zero-order valence-corrected chi connectivity index (χ0v) is 13.4. The Labute approximate surface area is 127 Å². The Hall–Kier alpha value is -1.49. The Kier molecular flexibility index (Phi) is 3.70. The molecule has 0 spiro atoms. The van der Waals surface area contributed by atoms with E-state index in [4.69, 9.17) is 0 Å². The van der Waals surface area contributed by atoms with Gasteiger partial charge < -0.3 is 10.2 Å². The Morgan fingerprint density at radius 2 is 1.95 bits per heavy atom. The number of hydrogen-bond acceptors (Lipinski definition) is 3. The number of nitrogens with one attached hydrogen (secondary N) is 1. The van der Waals surface area contributed by atoms with Crippen molar-refractivity contribution in [2.45, 2.75) is 12.8 Å². The van der Waals surface area contributed by atoms with Gasteiger partial charge in [0.15, 0.2) is 0 Å². The minimum Gasteiger partial charge on any atom is -0.388 e. The van der Waals surface area contributed by atoms with Gasteiger partial charge in [-0.2, -0.15) is 5.10 Å². The predicted octanol–water partition coefficient (Wildman–Crippen LogP) is 3.49. The highest BCUT2D eigenvalue weighted by atomic mass is 79.9. The van der Waals surface area contributed by atoms with E-state index in [0.29, 0.717) is 0 Å². The molecular formula is C15H19BrN4. The third-order valence-corrected chi connectivity index (χ3v) is 4.43. The standard InChI is InChI=1S/C15H19BrN4/c1-17-12-7-11(15-14(16)10-18-19(15)2)8-13(9-12)20-5-3-4-6-20/h7-10,17H,3-6H2,1-2H3. The third-order valence-electron chi connectivity index (χ3n) is 3.85. The summed E-state index contributed by atoms with van der Waals surface area (Å²) in [7, 11) is 3.94. The summed E-state index contributed by atoms with van der Waals surface area (Å²) in [5.41, 5.74) is 4.73. The Balaban J connectivity index is 2.08. The van der Waals surface area contributed by atoms with E-state index in [-0.39, 0.29) is 0 Å². The van der Waals surface area contributed by atoms with Crippen LogP contribution in [0.2, 0.25) is 0 Å². The van der Waals surface area contributed by atoms with Crippen molar-refractivity contribution < 1.29 is 0 Å². The molecule has 0 saturated carbocycles. The number of nitrogens with zero attached hydrogens (tertiary/aromatic N) is 3. The van der Waals surface area contributed by atoms with Crippen LogP contribution in [0.15, 0.2) is 28.9 Å². The number of benzene rings is 1. The molecule has 0 bridgehead atoms. The Bertz CT molecular complexity index is 595. The summed E-state index contributed by atoms with van der Waals surface area (Å²) in [5, 5.41) is 7.57. The molecule has 0 atom stereocenters. The molecule has 0 radical (unpaired) electrons. The van der Waals surface area contributed by atoms with Crippen LogP contribution < -0.4 is 10.2 Å². The van der Waals surface area contributed by atoms with E-state index in [1.807, 2.05) is 25.0 Å². The SMILES string of the molecule is CNc1cc(-c2c(Br)cnn2C)cc(N2CCCC2)c1. The van der Waals surface area contributed by atoms with Gasteiger partial charge in [0.05, 0.1) is 16.4 Å². The van der Waals surface area contributed by atoms with E-state index in [1.165, 1.54) is 24.1 Å². The predicted molar refractivity (Wildman–Crippen MR) is 87.3 cm³/mol. The molecule has 1 N–H and O–H groups in total. The second kappa shape index (κ2) is 5.48. The molecule has 1 fully saturated rings. The molecule has 1 saturated heterocycles. The van der Waals surface area contributed by atoms with Crippen molar-refractivity contribution in [3.8, 4) is 11.3 Å². The molecule has 2 aromatic rings. The first-order chi connectivity index (χ1) is 9.69. The van der Waals surface area contributed by atoms with E-state index in [2.05, 4.69) is 49.4 Å². The van der Waals surface area contributed by atoms with Gasteiger partial charge in [0, 0.05) is 44.1 Å². The van der Waals surface area contributed by atoms with Crippen molar-refractivity contribution in [2.24, 2.45) is 7.05 Å². The van der Waals surface area contributed by atoms with Crippen LogP contribution in [0, 0.1) is 0 Å². The number of anilines is 2. The molecule has 1 aliphatic heterocycles. The van der Waals surface area contributed by atoms with Gasteiger partial charge in [0.1, 0.15) is 0 Å². The second-order valence-electron chi connectivity index (χ2n) is 5.18. The summed E-state index contributed by atoms with van der Waals surface area (Å²) in [6, 6.07) is 6.65. The number of hydrogen-bond donors (Lipinski definition) is 1. The topological polar surface area (TPSA) is 33.1 Å². The van der Waals surface area contributed by atoms with E-state index in [0.717, 1.165) is 28.9 Å². The molecule has 20 heavy (non-hydrogen) atoms. The Morgan fingerprint density at radius 3 is 2.55 bits per heavy atom. The van der Waals surface area contributed by atoms with Crippen molar-refractivity contribution >= 4 is 27.3 Å². The van der Waals surface area contributed by atoms with Crippen LogP contribution in [0.1, 0.15) is 12.8 Å². The highest BCUT2D eigenvalue weighted by Crippen LogP contribution is 2.34. The fourth-order valence-electron chi connectivity index (χ4n) is 2.79. The smallest absolute Gasteiger partial charge is 0.0822 e. The van der Waals surface area contributed by atoms with Gasteiger partial charge in [-0.1, -0.05) is 0 Å². The normalized spacial score (nSPS) is 14.8. The first-order valence-corrected chi connectivity index (χ1v) is 7.74. The number of aryl methyl sites for hydroxylation is 1. The Morgan fingerprint density at radius 1 is 1.20 bits per heavy atom. The van der Waals surface area contributed by atoms with Crippen LogP contribution in [0.4, 0.5) is 11.4 Å². The fourth-order valence-corrected chi connectivity index (χ4v) is 3.36. The lowest BCUT2D eigenvalue weighted by atomic mass is 10.1. The van der Waals surface area contributed by atoms with Crippen molar-refractivity contribution in [3.63, 3.8) is 0 Å². The number of rotatable bonds is 3. The maximum absolute atomic E-state index is 4.31. The molecule has 106 valence electrons. The van der Waals surface area contributed by atoms with Crippen LogP contribution in [-0.4, -0.2) is 29.9 Å². The van der Waals surface area contributed by atoms with E-state index in [1.54, 1.807) is 0 Å². The van der Waals surface area contributed by atoms with Crippen LogP contribution in [0.3, 0.4) is 0 Å². The molecule has 3 rings (SSSR count). The first kappa shape index (κ1) is 13.5. The summed E-state index contributed by atoms with van der Waals surface area (Å²) in [6.45, 7) is 2.30. The second-order valence-corrected chi connectivity index (χ2v) is 6.03. The summed E-state index contributed by atoms with van der Waals surface area (Å²) < 4.78 is 2.94. The van der Waals surface area contributed by atoms with Gasteiger partial charge >= 0.3 is 0 Å². The molecule has 5 heteroatoms. The lowest BCUT2D eigenvalue weighted by Crippen LogP contribution is -2.17.